The molecular formula is C20H24N6O4S. The van der Waals surface area contributed by atoms with E-state index in [0.29, 0.717) is 5.82 Å². The zero-order valence-corrected chi connectivity index (χ0v) is 18.7. The molecule has 0 atom stereocenters. The van der Waals surface area contributed by atoms with Crippen LogP contribution in [0.3, 0.4) is 0 Å². The Balaban J connectivity index is 1.98. The van der Waals surface area contributed by atoms with Crippen molar-refractivity contribution >= 4 is 39.1 Å². The topological polar surface area (TPSA) is 139 Å². The van der Waals surface area contributed by atoms with Gasteiger partial charge in [-0.1, -0.05) is 6.92 Å². The molecule has 0 spiro atoms. The quantitative estimate of drug-likeness (QED) is 0.502. The predicted octanol–water partition coefficient (Wildman–Crippen LogP) is 2.98. The van der Waals surface area contributed by atoms with Gasteiger partial charge < -0.3 is 15.7 Å². The number of hydrogen-bond donors (Lipinski definition) is 3. The van der Waals surface area contributed by atoms with E-state index in [-0.39, 0.29) is 34.1 Å². The molecule has 11 heteroatoms. The lowest BCUT2D eigenvalue weighted by atomic mass is 10.0. The summed E-state index contributed by atoms with van der Waals surface area (Å²) in [5.74, 6) is 0.253. The van der Waals surface area contributed by atoms with Gasteiger partial charge in [-0.3, -0.25) is 4.68 Å². The first-order valence-corrected chi connectivity index (χ1v) is 11.4. The fourth-order valence-electron chi connectivity index (χ4n) is 3.28. The SMILES string of the molecule is CCc1c(C(=O)O)cc(Nc2nccc(Nc3c(C)c(C)nn3C)n2)cc1S(C)(=O)=O. The number of nitrogens with one attached hydrogen (secondary N) is 2. The number of carboxylic acids is 1. The maximum absolute atomic E-state index is 12.2. The van der Waals surface area contributed by atoms with Crippen molar-refractivity contribution in [2.45, 2.75) is 32.1 Å². The number of rotatable bonds is 7. The number of nitrogens with zero attached hydrogens (tertiary/aromatic N) is 4. The highest BCUT2D eigenvalue weighted by Crippen LogP contribution is 2.28. The first kappa shape index (κ1) is 22.2. The lowest BCUT2D eigenvalue weighted by Crippen LogP contribution is -2.11. The van der Waals surface area contributed by atoms with Crippen molar-refractivity contribution in [1.29, 1.82) is 0 Å². The molecule has 0 unspecified atom stereocenters. The van der Waals surface area contributed by atoms with Crippen LogP contribution in [0.4, 0.5) is 23.3 Å². The summed E-state index contributed by atoms with van der Waals surface area (Å²) in [6.07, 6.45) is 2.85. The summed E-state index contributed by atoms with van der Waals surface area (Å²) >= 11 is 0. The van der Waals surface area contributed by atoms with E-state index in [9.17, 15) is 18.3 Å². The van der Waals surface area contributed by atoms with Gasteiger partial charge in [-0.15, -0.1) is 0 Å². The van der Waals surface area contributed by atoms with Crippen LogP contribution in [0.15, 0.2) is 29.3 Å². The molecule has 1 aromatic carbocycles. The van der Waals surface area contributed by atoms with Crippen LogP contribution >= 0.6 is 0 Å². The first-order chi connectivity index (χ1) is 14.5. The Morgan fingerprint density at radius 1 is 1.23 bits per heavy atom. The molecule has 3 aromatic rings. The van der Waals surface area contributed by atoms with E-state index in [0.717, 1.165) is 23.3 Å². The maximum atomic E-state index is 12.2. The normalized spacial score (nSPS) is 11.4. The fraction of sp³-hybridized carbons (Fsp3) is 0.300. The molecule has 0 aliphatic heterocycles. The molecule has 2 heterocycles. The van der Waals surface area contributed by atoms with Crippen LogP contribution in [-0.2, 0) is 23.3 Å². The van der Waals surface area contributed by atoms with E-state index < -0.39 is 15.8 Å². The second-order valence-corrected chi connectivity index (χ2v) is 9.11. The summed E-state index contributed by atoms with van der Waals surface area (Å²) in [6.45, 7) is 5.57. The van der Waals surface area contributed by atoms with Crippen LogP contribution in [0.1, 0.15) is 34.1 Å². The van der Waals surface area contributed by atoms with E-state index in [2.05, 4.69) is 25.7 Å². The van der Waals surface area contributed by atoms with Gasteiger partial charge in [-0.2, -0.15) is 10.1 Å². The Labute approximate surface area is 180 Å². The van der Waals surface area contributed by atoms with Crippen molar-refractivity contribution in [2.24, 2.45) is 7.05 Å². The van der Waals surface area contributed by atoms with E-state index in [1.54, 1.807) is 17.7 Å². The van der Waals surface area contributed by atoms with Gasteiger partial charge in [0.25, 0.3) is 0 Å². The molecule has 164 valence electrons. The highest BCUT2D eigenvalue weighted by molar-refractivity contribution is 7.90. The van der Waals surface area contributed by atoms with Gasteiger partial charge in [0.05, 0.1) is 16.2 Å². The van der Waals surface area contributed by atoms with E-state index in [1.165, 1.54) is 18.3 Å². The van der Waals surface area contributed by atoms with E-state index in [1.807, 2.05) is 20.9 Å². The number of benzene rings is 1. The van der Waals surface area contributed by atoms with Gasteiger partial charge in [0.1, 0.15) is 11.6 Å². The van der Waals surface area contributed by atoms with Gasteiger partial charge in [0.2, 0.25) is 5.95 Å². The minimum absolute atomic E-state index is 0.0346. The number of carbonyl (C=O) groups is 1. The molecule has 3 rings (SSSR count). The molecule has 0 saturated carbocycles. The van der Waals surface area contributed by atoms with Crippen LogP contribution in [0.25, 0.3) is 0 Å². The number of hydrogen-bond acceptors (Lipinski definition) is 8. The molecule has 0 amide bonds. The summed E-state index contributed by atoms with van der Waals surface area (Å²) in [7, 11) is -1.82. The minimum Gasteiger partial charge on any atom is -0.478 e. The van der Waals surface area contributed by atoms with Crippen LogP contribution in [0, 0.1) is 13.8 Å². The Morgan fingerprint density at radius 2 is 1.94 bits per heavy atom. The molecule has 0 aliphatic rings. The smallest absolute Gasteiger partial charge is 0.336 e. The number of carboxylic acid groups (broad SMARTS) is 1. The Kier molecular flexibility index (Phi) is 5.98. The number of sulfone groups is 1. The summed E-state index contributed by atoms with van der Waals surface area (Å²) in [6, 6.07) is 4.46. The molecule has 3 N–H and O–H groups in total. The van der Waals surface area contributed by atoms with Crippen molar-refractivity contribution in [2.75, 3.05) is 16.9 Å². The Hall–Kier alpha value is -3.47. The molecule has 0 saturated heterocycles. The lowest BCUT2D eigenvalue weighted by Gasteiger charge is -2.14. The zero-order valence-electron chi connectivity index (χ0n) is 17.9. The predicted molar refractivity (Wildman–Crippen MR) is 117 cm³/mol. The zero-order chi connectivity index (χ0) is 22.9. The molecule has 0 aliphatic carbocycles. The summed E-state index contributed by atoms with van der Waals surface area (Å²) in [5, 5.41) is 20.0. The third-order valence-electron chi connectivity index (χ3n) is 4.87. The third kappa shape index (κ3) is 4.66. The lowest BCUT2D eigenvalue weighted by molar-refractivity contribution is 0.0695. The van der Waals surface area contributed by atoms with Gasteiger partial charge in [0, 0.05) is 30.8 Å². The molecular weight excluding hydrogens is 420 g/mol. The second-order valence-electron chi connectivity index (χ2n) is 7.13. The monoisotopic (exact) mass is 444 g/mol. The van der Waals surface area contributed by atoms with Crippen molar-refractivity contribution in [3.63, 3.8) is 0 Å². The highest BCUT2D eigenvalue weighted by Gasteiger charge is 2.21. The van der Waals surface area contributed by atoms with Gasteiger partial charge in [0.15, 0.2) is 9.84 Å². The average molecular weight is 445 g/mol. The van der Waals surface area contributed by atoms with E-state index in [4.69, 9.17) is 0 Å². The molecule has 0 fully saturated rings. The summed E-state index contributed by atoms with van der Waals surface area (Å²) in [5.41, 5.74) is 2.32. The number of anilines is 4. The van der Waals surface area contributed by atoms with Crippen molar-refractivity contribution in [3.8, 4) is 0 Å². The number of aromatic nitrogens is 4. The maximum Gasteiger partial charge on any atom is 0.336 e. The van der Waals surface area contributed by atoms with E-state index >= 15 is 0 Å². The first-order valence-electron chi connectivity index (χ1n) is 9.48. The van der Waals surface area contributed by atoms with Gasteiger partial charge in [-0.05, 0) is 44.0 Å². The average Bonchev–Trinajstić information content (AvgIpc) is 2.93. The van der Waals surface area contributed by atoms with Crippen LogP contribution in [0.5, 0.6) is 0 Å². The Morgan fingerprint density at radius 3 is 2.48 bits per heavy atom. The summed E-state index contributed by atoms with van der Waals surface area (Å²) < 4.78 is 26.2. The fourth-order valence-corrected chi connectivity index (χ4v) is 4.32. The van der Waals surface area contributed by atoms with Crippen LogP contribution in [0.2, 0.25) is 0 Å². The summed E-state index contributed by atoms with van der Waals surface area (Å²) in [4.78, 5) is 20.2. The highest BCUT2D eigenvalue weighted by atomic mass is 32.2. The standard InChI is InChI=1S/C20H24N6O4S/c1-6-14-15(19(27)28)9-13(10-16(14)31(5,29)30)22-20-21-8-7-17(24-20)23-18-11(2)12(3)25-26(18)4/h7-10H,6H2,1-5H3,(H,27,28)(H2,21,22,23,24). The minimum atomic E-state index is -3.64. The van der Waals surface area contributed by atoms with Crippen LogP contribution < -0.4 is 10.6 Å². The largest absolute Gasteiger partial charge is 0.478 e. The third-order valence-corrected chi connectivity index (χ3v) is 6.04. The molecule has 0 radical (unpaired) electrons. The molecule has 2 aromatic heterocycles. The van der Waals surface area contributed by atoms with Crippen LogP contribution in [-0.4, -0.2) is 45.5 Å². The van der Waals surface area contributed by atoms with Crippen molar-refractivity contribution in [1.82, 2.24) is 19.7 Å². The van der Waals surface area contributed by atoms with Crippen molar-refractivity contribution < 1.29 is 18.3 Å². The molecule has 0 bridgehead atoms. The number of aryl methyl sites for hydroxylation is 2. The van der Waals surface area contributed by atoms with Crippen molar-refractivity contribution in [3.05, 3.63) is 46.8 Å². The second kappa shape index (κ2) is 8.34. The molecule has 31 heavy (non-hydrogen) atoms. The number of aromatic carboxylic acids is 1. The van der Waals surface area contributed by atoms with Gasteiger partial charge >= 0.3 is 5.97 Å². The Bertz CT molecular complexity index is 1270. The molecule has 10 nitrogen and oxygen atoms in total. The van der Waals surface area contributed by atoms with Gasteiger partial charge in [-0.25, -0.2) is 18.2 Å².